The van der Waals surface area contributed by atoms with Crippen molar-refractivity contribution in [3.05, 3.63) is 41.2 Å². The van der Waals surface area contributed by atoms with Crippen molar-refractivity contribution in [2.75, 3.05) is 13.7 Å². The molecule has 0 aromatic carbocycles. The summed E-state index contributed by atoms with van der Waals surface area (Å²) < 4.78 is 11.5. The number of methoxy groups -OCH3 is 1. The molecule has 5 nitrogen and oxygen atoms in total. The zero-order chi connectivity index (χ0) is 14.0. The van der Waals surface area contributed by atoms with Crippen molar-refractivity contribution < 1.29 is 19.1 Å². The average Bonchev–Trinajstić information content (AvgIpc) is 2.72. The third-order valence-corrected chi connectivity index (χ3v) is 2.87. The zero-order valence-corrected chi connectivity index (χ0v) is 11.1. The number of nitrogens with zero attached hydrogens (tertiary/aromatic N) is 1. The fraction of sp³-hybridized carbons (Fsp3) is 0.286. The van der Waals surface area contributed by atoms with E-state index in [1.54, 1.807) is 29.7 Å². The van der Waals surface area contributed by atoms with E-state index in [0.717, 1.165) is 5.56 Å². The van der Waals surface area contributed by atoms with Crippen molar-refractivity contribution in [3.63, 3.8) is 0 Å². The van der Waals surface area contributed by atoms with Crippen LogP contribution in [0.2, 0.25) is 0 Å². The number of aryl methyl sites for hydroxylation is 1. The van der Waals surface area contributed by atoms with Crippen LogP contribution in [0.5, 0.6) is 0 Å². The fourth-order valence-corrected chi connectivity index (χ4v) is 2.01. The molecule has 0 N–H and O–H groups in total. The van der Waals surface area contributed by atoms with Gasteiger partial charge in [-0.2, -0.15) is 0 Å². The lowest BCUT2D eigenvalue weighted by Gasteiger charge is -2.04. The summed E-state index contributed by atoms with van der Waals surface area (Å²) in [5, 5.41) is 0. The number of aromatic nitrogens is 1. The van der Waals surface area contributed by atoms with Crippen molar-refractivity contribution in [3.8, 4) is 0 Å². The topological polar surface area (TPSA) is 57.0 Å². The monoisotopic (exact) mass is 261 g/mol. The Morgan fingerprint density at radius 1 is 1.32 bits per heavy atom. The average molecular weight is 261 g/mol. The smallest absolute Gasteiger partial charge is 0.340 e. The van der Waals surface area contributed by atoms with Crippen molar-refractivity contribution in [1.82, 2.24) is 4.40 Å². The van der Waals surface area contributed by atoms with Crippen LogP contribution in [-0.4, -0.2) is 30.1 Å². The molecule has 2 aromatic heterocycles. The molecule has 0 bridgehead atoms. The highest BCUT2D eigenvalue weighted by atomic mass is 16.5. The molecule has 0 unspecified atom stereocenters. The Morgan fingerprint density at radius 2 is 2.05 bits per heavy atom. The maximum absolute atomic E-state index is 11.9. The number of rotatable bonds is 3. The highest BCUT2D eigenvalue weighted by molar-refractivity contribution is 6.00. The summed E-state index contributed by atoms with van der Waals surface area (Å²) in [6.45, 7) is 3.90. The highest BCUT2D eigenvalue weighted by Crippen LogP contribution is 2.20. The van der Waals surface area contributed by atoms with Gasteiger partial charge in [0.1, 0.15) is 0 Å². The Hall–Kier alpha value is -2.30. The largest absolute Gasteiger partial charge is 0.465 e. The number of carbonyl (C=O) groups excluding carboxylic acids is 2. The first-order valence-corrected chi connectivity index (χ1v) is 5.95. The van der Waals surface area contributed by atoms with Gasteiger partial charge in [0.15, 0.2) is 0 Å². The molecule has 0 radical (unpaired) electrons. The summed E-state index contributed by atoms with van der Waals surface area (Å²) in [6.07, 6.45) is 3.54. The Morgan fingerprint density at radius 3 is 2.68 bits per heavy atom. The van der Waals surface area contributed by atoms with E-state index < -0.39 is 5.97 Å². The van der Waals surface area contributed by atoms with Crippen LogP contribution < -0.4 is 0 Å². The molecule has 0 saturated carbocycles. The summed E-state index contributed by atoms with van der Waals surface area (Å²) in [6, 6.07) is 3.28. The first-order valence-electron chi connectivity index (χ1n) is 5.95. The highest BCUT2D eigenvalue weighted by Gasteiger charge is 2.18. The fourth-order valence-electron chi connectivity index (χ4n) is 2.01. The van der Waals surface area contributed by atoms with Crippen LogP contribution in [0.1, 0.15) is 33.2 Å². The minimum Gasteiger partial charge on any atom is -0.465 e. The van der Waals surface area contributed by atoms with Crippen LogP contribution in [0.4, 0.5) is 0 Å². The van der Waals surface area contributed by atoms with Crippen LogP contribution in [0, 0.1) is 6.92 Å². The molecule has 0 aliphatic carbocycles. The van der Waals surface area contributed by atoms with Gasteiger partial charge in [0.05, 0.1) is 30.4 Å². The maximum atomic E-state index is 11.9. The van der Waals surface area contributed by atoms with E-state index in [-0.39, 0.29) is 5.97 Å². The van der Waals surface area contributed by atoms with E-state index in [9.17, 15) is 9.59 Å². The number of hydrogen-bond donors (Lipinski definition) is 0. The Balaban J connectivity index is 2.59. The zero-order valence-electron chi connectivity index (χ0n) is 11.1. The van der Waals surface area contributed by atoms with Gasteiger partial charge in [-0.1, -0.05) is 0 Å². The first-order chi connectivity index (χ1) is 9.08. The second kappa shape index (κ2) is 5.14. The molecule has 0 amide bonds. The molecule has 100 valence electrons. The molecular weight excluding hydrogens is 246 g/mol. The van der Waals surface area contributed by atoms with Crippen molar-refractivity contribution in [1.29, 1.82) is 0 Å². The Kier molecular flexibility index (Phi) is 3.55. The SMILES string of the molecule is CCOC(=O)c1c(C)cn2ccc(C(=O)OC)cc12. The van der Waals surface area contributed by atoms with Crippen molar-refractivity contribution in [2.45, 2.75) is 13.8 Å². The van der Waals surface area contributed by atoms with Gasteiger partial charge < -0.3 is 13.9 Å². The van der Waals surface area contributed by atoms with Crippen LogP contribution in [0.15, 0.2) is 24.5 Å². The summed E-state index contributed by atoms with van der Waals surface area (Å²) in [5.41, 5.74) is 2.32. The molecule has 0 atom stereocenters. The van der Waals surface area contributed by atoms with Gasteiger partial charge in [-0.3, -0.25) is 0 Å². The Bertz CT molecular complexity index is 642. The van der Waals surface area contributed by atoms with E-state index in [2.05, 4.69) is 4.74 Å². The molecule has 5 heteroatoms. The number of hydrogen-bond acceptors (Lipinski definition) is 4. The van der Waals surface area contributed by atoms with Crippen molar-refractivity contribution >= 4 is 17.5 Å². The van der Waals surface area contributed by atoms with Crippen LogP contribution in [0.25, 0.3) is 5.52 Å². The minimum absolute atomic E-state index is 0.312. The van der Waals surface area contributed by atoms with Gasteiger partial charge in [0.25, 0.3) is 0 Å². The molecule has 19 heavy (non-hydrogen) atoms. The van der Waals surface area contributed by atoms with Crippen molar-refractivity contribution in [2.24, 2.45) is 0 Å². The number of fused-ring (bicyclic) bond motifs is 1. The number of pyridine rings is 1. The molecule has 0 aliphatic heterocycles. The minimum atomic E-state index is -0.434. The summed E-state index contributed by atoms with van der Waals surface area (Å²) in [4.78, 5) is 23.5. The summed E-state index contributed by atoms with van der Waals surface area (Å²) in [5.74, 6) is -0.819. The van der Waals surface area contributed by atoms with E-state index >= 15 is 0 Å². The standard InChI is InChI=1S/C14H15NO4/c1-4-19-14(17)12-9(2)8-15-6-5-10(7-11(12)15)13(16)18-3/h5-8H,4H2,1-3H3. The molecular formula is C14H15NO4. The lowest BCUT2D eigenvalue weighted by atomic mass is 10.1. The van der Waals surface area contributed by atoms with Crippen LogP contribution in [-0.2, 0) is 9.47 Å². The van der Waals surface area contributed by atoms with E-state index in [1.807, 2.05) is 13.1 Å². The third-order valence-electron chi connectivity index (χ3n) is 2.87. The molecule has 0 fully saturated rings. The van der Waals surface area contributed by atoms with E-state index in [1.165, 1.54) is 7.11 Å². The lowest BCUT2D eigenvalue weighted by Crippen LogP contribution is -2.06. The second-order valence-electron chi connectivity index (χ2n) is 4.11. The number of carbonyl (C=O) groups is 2. The molecule has 2 heterocycles. The predicted octanol–water partition coefficient (Wildman–Crippen LogP) is 2.21. The molecule has 2 aromatic rings. The summed E-state index contributed by atoms with van der Waals surface area (Å²) in [7, 11) is 1.32. The Labute approximate surface area is 110 Å². The normalized spacial score (nSPS) is 10.5. The summed E-state index contributed by atoms with van der Waals surface area (Å²) >= 11 is 0. The molecule has 2 rings (SSSR count). The molecule has 0 saturated heterocycles. The molecule has 0 spiro atoms. The van der Waals surface area contributed by atoms with E-state index in [4.69, 9.17) is 4.74 Å². The van der Waals surface area contributed by atoms with Gasteiger partial charge in [-0.05, 0) is 31.5 Å². The quantitative estimate of drug-likeness (QED) is 0.795. The number of ether oxygens (including phenoxy) is 2. The van der Waals surface area contributed by atoms with E-state index in [0.29, 0.717) is 23.3 Å². The number of esters is 2. The first kappa shape index (κ1) is 13.1. The van der Waals surface area contributed by atoms with Gasteiger partial charge in [0.2, 0.25) is 0 Å². The second-order valence-corrected chi connectivity index (χ2v) is 4.11. The van der Waals surface area contributed by atoms with Gasteiger partial charge in [-0.15, -0.1) is 0 Å². The van der Waals surface area contributed by atoms with Gasteiger partial charge in [0, 0.05) is 12.4 Å². The van der Waals surface area contributed by atoms with Crippen LogP contribution in [0.3, 0.4) is 0 Å². The molecule has 0 aliphatic rings. The maximum Gasteiger partial charge on any atom is 0.340 e. The predicted molar refractivity (Wildman–Crippen MR) is 69.4 cm³/mol. The van der Waals surface area contributed by atoms with Crippen LogP contribution >= 0.6 is 0 Å². The van der Waals surface area contributed by atoms with Gasteiger partial charge >= 0.3 is 11.9 Å². The third kappa shape index (κ3) is 2.31. The lowest BCUT2D eigenvalue weighted by molar-refractivity contribution is 0.0526. The van der Waals surface area contributed by atoms with Gasteiger partial charge in [-0.25, -0.2) is 9.59 Å².